The summed E-state index contributed by atoms with van der Waals surface area (Å²) in [5.41, 5.74) is 1.61. The predicted molar refractivity (Wildman–Crippen MR) is 149 cm³/mol. The highest BCUT2D eigenvalue weighted by Gasteiger charge is 2.25. The summed E-state index contributed by atoms with van der Waals surface area (Å²) in [5, 5.41) is 5.23. The van der Waals surface area contributed by atoms with Gasteiger partial charge in [-0.05, 0) is 43.2 Å². The Labute approximate surface area is 231 Å². The average molecular weight is 543 g/mol. The predicted octanol–water partition coefficient (Wildman–Crippen LogP) is 3.48. The minimum atomic E-state index is -0.696. The number of carbonyl (C=O) groups excluding carboxylic acids is 5. The van der Waals surface area contributed by atoms with Crippen LogP contribution in [0.4, 0.5) is 16.2 Å². The zero-order valence-corrected chi connectivity index (χ0v) is 22.1. The van der Waals surface area contributed by atoms with E-state index in [4.69, 9.17) is 4.74 Å². The summed E-state index contributed by atoms with van der Waals surface area (Å²) in [6.45, 7) is 0.532. The number of para-hydroxylation sites is 1. The fourth-order valence-corrected chi connectivity index (χ4v) is 4.38. The number of hydrogen-bond donors (Lipinski definition) is 2. The monoisotopic (exact) mass is 542 g/mol. The number of anilines is 2. The van der Waals surface area contributed by atoms with Crippen LogP contribution in [0.25, 0.3) is 0 Å². The Hall–Kier alpha value is -4.99. The minimum Gasteiger partial charge on any atom is -0.465 e. The molecule has 0 unspecified atom stereocenters. The van der Waals surface area contributed by atoms with Crippen LogP contribution in [0.3, 0.4) is 0 Å². The van der Waals surface area contributed by atoms with Crippen LogP contribution >= 0.6 is 0 Å². The van der Waals surface area contributed by atoms with Gasteiger partial charge in [-0.25, -0.2) is 9.59 Å². The normalized spacial score (nSPS) is 12.4. The first-order valence-electron chi connectivity index (χ1n) is 12.9. The van der Waals surface area contributed by atoms with Gasteiger partial charge in [0.25, 0.3) is 0 Å². The lowest BCUT2D eigenvalue weighted by molar-refractivity contribution is -0.128. The molecule has 0 radical (unpaired) electrons. The van der Waals surface area contributed by atoms with E-state index in [1.165, 1.54) is 24.1 Å². The Kier molecular flexibility index (Phi) is 9.24. The average Bonchev–Trinajstić information content (AvgIpc) is 3.54. The summed E-state index contributed by atoms with van der Waals surface area (Å²) < 4.78 is 4.77. The van der Waals surface area contributed by atoms with E-state index in [-0.39, 0.29) is 23.8 Å². The molecule has 10 nitrogen and oxygen atoms in total. The van der Waals surface area contributed by atoms with Crippen molar-refractivity contribution in [2.75, 3.05) is 43.5 Å². The van der Waals surface area contributed by atoms with Gasteiger partial charge in [0.15, 0.2) is 5.78 Å². The Morgan fingerprint density at radius 3 is 2.25 bits per heavy atom. The minimum absolute atomic E-state index is 0.212. The third kappa shape index (κ3) is 6.90. The third-order valence-electron chi connectivity index (χ3n) is 6.46. The van der Waals surface area contributed by atoms with Crippen LogP contribution in [0.2, 0.25) is 0 Å². The molecule has 3 aromatic carbocycles. The maximum Gasteiger partial charge on any atom is 0.337 e. The summed E-state index contributed by atoms with van der Waals surface area (Å²) >= 11 is 0. The number of rotatable bonds is 9. The van der Waals surface area contributed by atoms with Crippen molar-refractivity contribution in [3.05, 3.63) is 95.6 Å². The molecule has 0 atom stereocenters. The second-order valence-electron chi connectivity index (χ2n) is 9.16. The van der Waals surface area contributed by atoms with Crippen LogP contribution in [0.1, 0.15) is 39.1 Å². The zero-order chi connectivity index (χ0) is 28.5. The van der Waals surface area contributed by atoms with Gasteiger partial charge < -0.3 is 20.3 Å². The van der Waals surface area contributed by atoms with Crippen molar-refractivity contribution in [2.45, 2.75) is 12.8 Å². The van der Waals surface area contributed by atoms with E-state index in [0.29, 0.717) is 35.6 Å². The molecular weight excluding hydrogens is 512 g/mol. The lowest BCUT2D eigenvalue weighted by atomic mass is 10.0. The number of amides is 4. The number of nitrogens with one attached hydrogen (secondary N) is 2. The van der Waals surface area contributed by atoms with Crippen LogP contribution in [-0.4, -0.2) is 67.8 Å². The molecule has 1 heterocycles. The maximum atomic E-state index is 13.3. The summed E-state index contributed by atoms with van der Waals surface area (Å²) in [7, 11) is 1.25. The van der Waals surface area contributed by atoms with E-state index in [1.807, 2.05) is 0 Å². The van der Waals surface area contributed by atoms with E-state index in [2.05, 4.69) is 10.6 Å². The number of ketones is 1. The first-order chi connectivity index (χ1) is 19.4. The SMILES string of the molecule is COC(=O)c1cccc(N(CC(=O)N2CCCC2)C(=O)NCC(=O)Nc2ccccc2C(=O)c2ccccc2)c1. The molecule has 10 heteroatoms. The summed E-state index contributed by atoms with van der Waals surface area (Å²) in [5.74, 6) is -1.64. The maximum absolute atomic E-state index is 13.3. The molecule has 4 rings (SSSR count). The molecular formula is C30H30N4O6. The Balaban J connectivity index is 1.47. The molecule has 0 saturated carbocycles. The summed E-state index contributed by atoms with van der Waals surface area (Å²) in [4.78, 5) is 66.9. The van der Waals surface area contributed by atoms with Crippen molar-refractivity contribution in [1.82, 2.24) is 10.2 Å². The number of urea groups is 1. The molecule has 0 spiro atoms. The van der Waals surface area contributed by atoms with Gasteiger partial charge in [0, 0.05) is 29.9 Å². The number of ether oxygens (including phenoxy) is 1. The molecule has 1 aliphatic heterocycles. The molecule has 1 fully saturated rings. The summed E-state index contributed by atoms with van der Waals surface area (Å²) in [6, 6.07) is 20.8. The van der Waals surface area contributed by atoms with Crippen molar-refractivity contribution >= 4 is 41.0 Å². The molecule has 0 aliphatic carbocycles. The highest BCUT2D eigenvalue weighted by Crippen LogP contribution is 2.20. The lowest BCUT2D eigenvalue weighted by Gasteiger charge is -2.25. The van der Waals surface area contributed by atoms with Gasteiger partial charge in [-0.15, -0.1) is 0 Å². The number of methoxy groups -OCH3 is 1. The zero-order valence-electron chi connectivity index (χ0n) is 22.1. The van der Waals surface area contributed by atoms with E-state index >= 15 is 0 Å². The fraction of sp³-hybridized carbons (Fsp3) is 0.233. The van der Waals surface area contributed by atoms with Gasteiger partial charge in [-0.3, -0.25) is 19.3 Å². The topological polar surface area (TPSA) is 125 Å². The van der Waals surface area contributed by atoms with Crippen molar-refractivity contribution < 1.29 is 28.7 Å². The molecule has 206 valence electrons. The second-order valence-corrected chi connectivity index (χ2v) is 9.16. The Morgan fingerprint density at radius 2 is 1.52 bits per heavy atom. The first kappa shape index (κ1) is 28.0. The standard InChI is InChI=1S/C30H30N4O6/c1-40-29(38)22-12-9-13-23(18-22)34(20-27(36)33-16-7-8-17-33)30(39)31-19-26(35)32-25-15-6-5-14-24(25)28(37)21-10-3-2-4-11-21/h2-6,9-15,18H,7-8,16-17,19-20H2,1H3,(H,31,39)(H,32,35). The van der Waals surface area contributed by atoms with Crippen LogP contribution < -0.4 is 15.5 Å². The Bertz CT molecular complexity index is 1400. The third-order valence-corrected chi connectivity index (χ3v) is 6.46. The number of esters is 1. The van der Waals surface area contributed by atoms with Gasteiger partial charge in [0.05, 0.1) is 24.9 Å². The van der Waals surface area contributed by atoms with Crippen molar-refractivity contribution in [2.24, 2.45) is 0 Å². The molecule has 0 aromatic heterocycles. The second kappa shape index (κ2) is 13.2. The van der Waals surface area contributed by atoms with Crippen LogP contribution in [-0.2, 0) is 14.3 Å². The van der Waals surface area contributed by atoms with Crippen LogP contribution in [0, 0.1) is 0 Å². The van der Waals surface area contributed by atoms with Gasteiger partial charge in [-0.1, -0.05) is 48.5 Å². The highest BCUT2D eigenvalue weighted by atomic mass is 16.5. The van der Waals surface area contributed by atoms with Crippen LogP contribution in [0.5, 0.6) is 0 Å². The molecule has 0 bridgehead atoms. The smallest absolute Gasteiger partial charge is 0.337 e. The molecule has 4 amide bonds. The van der Waals surface area contributed by atoms with Gasteiger partial charge in [0.1, 0.15) is 6.54 Å². The van der Waals surface area contributed by atoms with Crippen molar-refractivity contribution in [1.29, 1.82) is 0 Å². The lowest BCUT2D eigenvalue weighted by Crippen LogP contribution is -2.48. The van der Waals surface area contributed by atoms with Crippen LogP contribution in [0.15, 0.2) is 78.9 Å². The number of hydrogen-bond acceptors (Lipinski definition) is 6. The van der Waals surface area contributed by atoms with E-state index < -0.39 is 24.5 Å². The molecule has 1 aliphatic rings. The quantitative estimate of drug-likeness (QED) is 0.315. The molecule has 40 heavy (non-hydrogen) atoms. The number of likely N-dealkylation sites (tertiary alicyclic amines) is 1. The molecule has 3 aromatic rings. The number of benzene rings is 3. The molecule has 2 N–H and O–H groups in total. The highest BCUT2D eigenvalue weighted by molar-refractivity contribution is 6.14. The molecule has 1 saturated heterocycles. The van der Waals surface area contributed by atoms with Crippen molar-refractivity contribution in [3.63, 3.8) is 0 Å². The number of nitrogens with zero attached hydrogens (tertiary/aromatic N) is 2. The van der Waals surface area contributed by atoms with Gasteiger partial charge >= 0.3 is 12.0 Å². The van der Waals surface area contributed by atoms with E-state index in [9.17, 15) is 24.0 Å². The summed E-state index contributed by atoms with van der Waals surface area (Å²) in [6.07, 6.45) is 1.79. The largest absolute Gasteiger partial charge is 0.465 e. The fourth-order valence-electron chi connectivity index (χ4n) is 4.38. The first-order valence-corrected chi connectivity index (χ1v) is 12.9. The van der Waals surface area contributed by atoms with Gasteiger partial charge in [0.2, 0.25) is 11.8 Å². The van der Waals surface area contributed by atoms with Crippen molar-refractivity contribution in [3.8, 4) is 0 Å². The number of carbonyl (C=O) groups is 5. The van der Waals surface area contributed by atoms with E-state index in [0.717, 1.165) is 12.8 Å². The Morgan fingerprint density at radius 1 is 0.850 bits per heavy atom. The van der Waals surface area contributed by atoms with Gasteiger partial charge in [-0.2, -0.15) is 0 Å². The van der Waals surface area contributed by atoms with E-state index in [1.54, 1.807) is 71.6 Å².